The summed E-state index contributed by atoms with van der Waals surface area (Å²) in [5, 5.41) is 0. The number of hydrogen-bond donors (Lipinski definition) is 1. The van der Waals surface area contributed by atoms with E-state index in [4.69, 9.17) is 5.73 Å². The fourth-order valence-electron chi connectivity index (χ4n) is 1.72. The van der Waals surface area contributed by atoms with Crippen molar-refractivity contribution in [1.82, 2.24) is 0 Å². The molecule has 0 heterocycles. The first-order valence-electron chi connectivity index (χ1n) is 6.27. The second-order valence-electron chi connectivity index (χ2n) is 4.27. The Morgan fingerprint density at radius 2 is 1.71 bits per heavy atom. The first-order chi connectivity index (χ1) is 9.97. The maximum Gasteiger partial charge on any atom is 0.414 e. The molecule has 7 nitrogen and oxygen atoms in total. The summed E-state index contributed by atoms with van der Waals surface area (Å²) in [6.45, 7) is -0.270. The second-order valence-corrected chi connectivity index (χ2v) is 4.27. The Morgan fingerprint density at radius 3 is 2.19 bits per heavy atom. The monoisotopic (exact) mass is 294 g/mol. The molecule has 1 aromatic rings. The predicted molar refractivity (Wildman–Crippen MR) is 75.7 cm³/mol. The molecule has 0 spiro atoms. The van der Waals surface area contributed by atoms with Gasteiger partial charge in [-0.15, -0.1) is 0 Å². The van der Waals surface area contributed by atoms with Crippen LogP contribution in [0.3, 0.4) is 0 Å². The van der Waals surface area contributed by atoms with Crippen LogP contribution in [0.25, 0.3) is 0 Å². The molecule has 2 amide bonds. The summed E-state index contributed by atoms with van der Waals surface area (Å²) in [5.41, 5.74) is 6.51. The van der Waals surface area contributed by atoms with Gasteiger partial charge in [0.2, 0.25) is 5.91 Å². The lowest BCUT2D eigenvalue weighted by Gasteiger charge is -2.19. The van der Waals surface area contributed by atoms with Gasteiger partial charge in [-0.3, -0.25) is 14.5 Å². The average Bonchev–Trinajstić information content (AvgIpc) is 2.49. The number of anilines is 1. The van der Waals surface area contributed by atoms with E-state index in [2.05, 4.69) is 9.47 Å². The largest absolute Gasteiger partial charge is 0.469 e. The lowest BCUT2D eigenvalue weighted by molar-refractivity contribution is -0.140. The molecule has 21 heavy (non-hydrogen) atoms. The van der Waals surface area contributed by atoms with Crippen LogP contribution in [0.4, 0.5) is 10.5 Å². The van der Waals surface area contributed by atoms with Crippen LogP contribution in [0.2, 0.25) is 0 Å². The van der Waals surface area contributed by atoms with Gasteiger partial charge < -0.3 is 15.2 Å². The molecule has 1 aromatic carbocycles. The highest BCUT2D eigenvalue weighted by Crippen LogP contribution is 2.17. The zero-order valence-corrected chi connectivity index (χ0v) is 12.0. The minimum Gasteiger partial charge on any atom is -0.469 e. The van der Waals surface area contributed by atoms with Crippen molar-refractivity contribution in [3.63, 3.8) is 0 Å². The molecule has 2 N–H and O–H groups in total. The summed E-state index contributed by atoms with van der Waals surface area (Å²) in [4.78, 5) is 34.8. The third-order valence-corrected chi connectivity index (χ3v) is 2.80. The average molecular weight is 294 g/mol. The summed E-state index contributed by atoms with van der Waals surface area (Å²) >= 11 is 0. The lowest BCUT2D eigenvalue weighted by atomic mass is 10.1. The van der Waals surface area contributed by atoms with E-state index in [1.165, 1.54) is 14.2 Å². The first-order valence-corrected chi connectivity index (χ1v) is 6.27. The van der Waals surface area contributed by atoms with Crippen LogP contribution >= 0.6 is 0 Å². The molecule has 0 aromatic heterocycles. The Labute approximate surface area is 122 Å². The van der Waals surface area contributed by atoms with E-state index >= 15 is 0 Å². The molecule has 0 fully saturated rings. The number of nitrogens with two attached hydrogens (primary N) is 1. The van der Waals surface area contributed by atoms with Gasteiger partial charge in [-0.2, -0.15) is 0 Å². The third-order valence-electron chi connectivity index (χ3n) is 2.80. The molecule has 0 aliphatic rings. The molecule has 0 aliphatic carbocycles. The number of carbonyl (C=O) groups is 3. The molecule has 0 aliphatic heterocycles. The van der Waals surface area contributed by atoms with Gasteiger partial charge in [-0.05, 0) is 24.1 Å². The summed E-state index contributed by atoms with van der Waals surface area (Å²) in [6, 6.07) is 6.84. The molecule has 0 radical (unpaired) electrons. The number of rotatable bonds is 6. The van der Waals surface area contributed by atoms with Crippen molar-refractivity contribution < 1.29 is 23.9 Å². The maximum absolute atomic E-state index is 11.6. The van der Waals surface area contributed by atoms with Crippen LogP contribution in [0.5, 0.6) is 0 Å². The topological polar surface area (TPSA) is 98.9 Å². The zero-order chi connectivity index (χ0) is 15.8. The summed E-state index contributed by atoms with van der Waals surface area (Å²) in [5.74, 6) is -0.931. The lowest BCUT2D eigenvalue weighted by Crippen LogP contribution is -2.38. The molecule has 0 unspecified atom stereocenters. The highest BCUT2D eigenvalue weighted by molar-refractivity contribution is 5.94. The Balaban J connectivity index is 2.79. The fraction of sp³-hybridized carbons (Fsp3) is 0.357. The summed E-state index contributed by atoms with van der Waals surface area (Å²) in [7, 11) is 2.56. The second kappa shape index (κ2) is 7.88. The standard InChI is InChI=1S/C14H18N2O5/c1-20-13(18)8-5-10-3-6-11(7-4-10)16(9-12(15)17)14(19)21-2/h3-4,6-7H,5,8-9H2,1-2H3,(H2,15,17). The number of nitrogens with zero attached hydrogens (tertiary/aromatic N) is 1. The number of carbonyl (C=O) groups excluding carboxylic acids is 3. The van der Waals surface area contributed by atoms with Gasteiger partial charge in [0.05, 0.1) is 14.2 Å². The molecule has 0 atom stereocenters. The number of amides is 2. The van der Waals surface area contributed by atoms with E-state index in [9.17, 15) is 14.4 Å². The first kappa shape index (κ1) is 16.5. The van der Waals surface area contributed by atoms with Gasteiger partial charge in [0.25, 0.3) is 0 Å². The van der Waals surface area contributed by atoms with E-state index in [0.717, 1.165) is 10.5 Å². The number of methoxy groups -OCH3 is 2. The van der Waals surface area contributed by atoms with Crippen molar-refractivity contribution in [2.24, 2.45) is 5.73 Å². The van der Waals surface area contributed by atoms with Gasteiger partial charge in [-0.1, -0.05) is 12.1 Å². The fourth-order valence-corrected chi connectivity index (χ4v) is 1.72. The van der Waals surface area contributed by atoms with Crippen LogP contribution in [0.1, 0.15) is 12.0 Å². The highest BCUT2D eigenvalue weighted by atomic mass is 16.5. The SMILES string of the molecule is COC(=O)CCc1ccc(N(CC(N)=O)C(=O)OC)cc1. The van der Waals surface area contributed by atoms with Gasteiger partial charge in [-0.25, -0.2) is 4.79 Å². The number of aryl methyl sites for hydroxylation is 1. The Hall–Kier alpha value is -2.57. The molecule has 114 valence electrons. The summed E-state index contributed by atoms with van der Waals surface area (Å²) in [6.07, 6.45) is 0.134. The number of primary amides is 1. The van der Waals surface area contributed by atoms with Crippen LogP contribution in [0, 0.1) is 0 Å². The highest BCUT2D eigenvalue weighted by Gasteiger charge is 2.18. The van der Waals surface area contributed by atoms with Crippen molar-refractivity contribution in [1.29, 1.82) is 0 Å². The van der Waals surface area contributed by atoms with Gasteiger partial charge in [0.15, 0.2) is 0 Å². The Bertz CT molecular complexity index is 513. The molecule has 7 heteroatoms. The van der Waals surface area contributed by atoms with Gasteiger partial charge in [0, 0.05) is 12.1 Å². The molecular weight excluding hydrogens is 276 g/mol. The van der Waals surface area contributed by atoms with Gasteiger partial charge >= 0.3 is 12.1 Å². The van der Waals surface area contributed by atoms with Crippen LogP contribution in [-0.2, 0) is 25.5 Å². The van der Waals surface area contributed by atoms with E-state index in [0.29, 0.717) is 12.1 Å². The van der Waals surface area contributed by atoms with Gasteiger partial charge in [0.1, 0.15) is 6.54 Å². The van der Waals surface area contributed by atoms with Crippen LogP contribution in [-0.4, -0.2) is 38.7 Å². The van der Waals surface area contributed by atoms with Crippen LogP contribution < -0.4 is 10.6 Å². The summed E-state index contributed by atoms with van der Waals surface area (Å²) < 4.78 is 9.17. The molecule has 1 rings (SSSR count). The normalized spacial score (nSPS) is 9.81. The molecule has 0 saturated heterocycles. The van der Waals surface area contributed by atoms with E-state index in [1.54, 1.807) is 24.3 Å². The van der Waals surface area contributed by atoms with E-state index < -0.39 is 12.0 Å². The van der Waals surface area contributed by atoms with Crippen molar-refractivity contribution in [2.45, 2.75) is 12.8 Å². The third kappa shape index (κ3) is 5.13. The predicted octanol–water partition coefficient (Wildman–Crippen LogP) is 0.850. The number of esters is 1. The minimum atomic E-state index is -0.670. The van der Waals surface area contributed by atoms with Crippen molar-refractivity contribution in [3.05, 3.63) is 29.8 Å². The van der Waals surface area contributed by atoms with Crippen molar-refractivity contribution in [3.8, 4) is 0 Å². The van der Waals surface area contributed by atoms with E-state index in [-0.39, 0.29) is 18.9 Å². The zero-order valence-electron chi connectivity index (χ0n) is 12.0. The molecule has 0 saturated carbocycles. The number of ether oxygens (including phenoxy) is 2. The van der Waals surface area contributed by atoms with Crippen LogP contribution in [0.15, 0.2) is 24.3 Å². The quantitative estimate of drug-likeness (QED) is 0.784. The molecular formula is C14H18N2O5. The Kier molecular flexibility index (Phi) is 6.19. The smallest absolute Gasteiger partial charge is 0.414 e. The van der Waals surface area contributed by atoms with Crippen molar-refractivity contribution >= 4 is 23.7 Å². The van der Waals surface area contributed by atoms with Crippen molar-refractivity contribution in [2.75, 3.05) is 25.7 Å². The molecule has 0 bridgehead atoms. The van der Waals surface area contributed by atoms with E-state index in [1.807, 2.05) is 0 Å². The maximum atomic E-state index is 11.6. The Morgan fingerprint density at radius 1 is 1.10 bits per heavy atom. The number of hydrogen-bond acceptors (Lipinski definition) is 5. The number of benzene rings is 1. The minimum absolute atomic E-state index is 0.270.